The number of phenols is 1. The third-order valence-corrected chi connectivity index (χ3v) is 2.49. The lowest BCUT2D eigenvalue weighted by molar-refractivity contribution is -0.145. The van der Waals surface area contributed by atoms with Crippen LogP contribution in [0.1, 0.15) is 16.8 Å². The van der Waals surface area contributed by atoms with Crippen molar-refractivity contribution in [1.82, 2.24) is 5.32 Å². The Morgan fingerprint density at radius 3 is 2.37 bits per heavy atom. The molecule has 19 heavy (non-hydrogen) atoms. The highest BCUT2D eigenvalue weighted by molar-refractivity contribution is 6.32. The van der Waals surface area contributed by atoms with Gasteiger partial charge in [-0.2, -0.15) is 0 Å². The van der Waals surface area contributed by atoms with Gasteiger partial charge >= 0.3 is 11.9 Å². The van der Waals surface area contributed by atoms with Crippen LogP contribution < -0.4 is 5.32 Å². The molecule has 1 rings (SSSR count). The highest BCUT2D eigenvalue weighted by atomic mass is 35.5. The van der Waals surface area contributed by atoms with E-state index in [1.807, 2.05) is 0 Å². The van der Waals surface area contributed by atoms with Crippen LogP contribution in [-0.4, -0.2) is 39.2 Å². The minimum atomic E-state index is -1.54. The van der Waals surface area contributed by atoms with Crippen molar-refractivity contribution >= 4 is 29.4 Å². The number of phenolic OH excluding ortho intramolecular Hbond substituents is 1. The van der Waals surface area contributed by atoms with Gasteiger partial charge in [0.05, 0.1) is 11.4 Å². The Hall–Kier alpha value is -2.28. The van der Waals surface area contributed by atoms with Crippen LogP contribution in [0.4, 0.5) is 0 Å². The number of halogens is 1. The summed E-state index contributed by atoms with van der Waals surface area (Å²) in [6.07, 6.45) is -0.743. The first-order valence-electron chi connectivity index (χ1n) is 5.05. The Morgan fingerprint density at radius 2 is 1.89 bits per heavy atom. The normalized spacial score (nSPS) is 11.6. The number of nitrogens with one attached hydrogen (secondary N) is 1. The van der Waals surface area contributed by atoms with E-state index in [2.05, 4.69) is 5.32 Å². The molecular weight excluding hydrogens is 278 g/mol. The van der Waals surface area contributed by atoms with E-state index in [-0.39, 0.29) is 16.3 Å². The van der Waals surface area contributed by atoms with Gasteiger partial charge in [-0.05, 0) is 18.2 Å². The lowest BCUT2D eigenvalue weighted by atomic mass is 10.1. The van der Waals surface area contributed by atoms with Crippen molar-refractivity contribution in [2.75, 3.05) is 0 Å². The van der Waals surface area contributed by atoms with Crippen molar-refractivity contribution in [1.29, 1.82) is 0 Å². The van der Waals surface area contributed by atoms with Crippen molar-refractivity contribution in [2.45, 2.75) is 12.5 Å². The van der Waals surface area contributed by atoms with Crippen molar-refractivity contribution in [3.8, 4) is 5.75 Å². The van der Waals surface area contributed by atoms with E-state index in [9.17, 15) is 19.5 Å². The molecule has 1 atom stereocenters. The van der Waals surface area contributed by atoms with Gasteiger partial charge in [0.15, 0.2) is 0 Å². The van der Waals surface area contributed by atoms with Crippen LogP contribution in [0.15, 0.2) is 18.2 Å². The Kier molecular flexibility index (Phi) is 4.71. The first kappa shape index (κ1) is 14.8. The lowest BCUT2D eigenvalue weighted by Gasteiger charge is -2.12. The largest absolute Gasteiger partial charge is 0.506 e. The summed E-state index contributed by atoms with van der Waals surface area (Å²) >= 11 is 5.60. The number of aromatic hydroxyl groups is 1. The fourth-order valence-electron chi connectivity index (χ4n) is 1.26. The van der Waals surface area contributed by atoms with E-state index in [4.69, 9.17) is 21.8 Å². The highest BCUT2D eigenvalue weighted by Crippen LogP contribution is 2.23. The molecule has 0 bridgehead atoms. The molecule has 0 fully saturated rings. The van der Waals surface area contributed by atoms with Gasteiger partial charge in [-0.15, -0.1) is 0 Å². The van der Waals surface area contributed by atoms with E-state index in [1.165, 1.54) is 12.1 Å². The summed E-state index contributed by atoms with van der Waals surface area (Å²) in [5, 5.41) is 28.5. The van der Waals surface area contributed by atoms with E-state index < -0.39 is 30.3 Å². The molecule has 0 heterocycles. The van der Waals surface area contributed by atoms with Crippen LogP contribution in [0.5, 0.6) is 5.75 Å². The monoisotopic (exact) mass is 287 g/mol. The number of carbonyl (C=O) groups is 3. The van der Waals surface area contributed by atoms with Crippen LogP contribution in [0.3, 0.4) is 0 Å². The molecule has 7 nitrogen and oxygen atoms in total. The molecule has 102 valence electrons. The van der Waals surface area contributed by atoms with Gasteiger partial charge in [-0.3, -0.25) is 9.59 Å². The number of carboxylic acid groups (broad SMARTS) is 2. The molecule has 0 saturated heterocycles. The molecule has 0 unspecified atom stereocenters. The number of hydrogen-bond acceptors (Lipinski definition) is 4. The zero-order valence-electron chi connectivity index (χ0n) is 9.46. The molecule has 1 aromatic rings. The predicted molar refractivity (Wildman–Crippen MR) is 64.3 cm³/mol. The quantitative estimate of drug-likeness (QED) is 0.632. The number of carbonyl (C=O) groups excluding carboxylic acids is 1. The third kappa shape index (κ3) is 4.14. The van der Waals surface area contributed by atoms with Gasteiger partial charge in [0, 0.05) is 5.56 Å². The van der Waals surface area contributed by atoms with Gasteiger partial charge in [-0.1, -0.05) is 11.6 Å². The van der Waals surface area contributed by atoms with Gasteiger partial charge < -0.3 is 20.6 Å². The van der Waals surface area contributed by atoms with Crippen LogP contribution in [-0.2, 0) is 9.59 Å². The number of rotatable bonds is 5. The van der Waals surface area contributed by atoms with Crippen molar-refractivity contribution < 1.29 is 29.7 Å². The third-order valence-electron chi connectivity index (χ3n) is 2.19. The smallest absolute Gasteiger partial charge is 0.326 e. The average Bonchev–Trinajstić information content (AvgIpc) is 2.31. The molecule has 4 N–H and O–H groups in total. The molecule has 1 aromatic carbocycles. The molecule has 0 aliphatic carbocycles. The Balaban J connectivity index is 2.84. The van der Waals surface area contributed by atoms with E-state index in [0.29, 0.717) is 0 Å². The van der Waals surface area contributed by atoms with Gasteiger partial charge in [-0.25, -0.2) is 4.79 Å². The van der Waals surface area contributed by atoms with Gasteiger partial charge in [0.25, 0.3) is 5.91 Å². The Bertz CT molecular complexity index is 530. The molecule has 0 aliphatic rings. The number of carboxylic acids is 2. The Morgan fingerprint density at radius 1 is 1.26 bits per heavy atom. The predicted octanol–water partition coefficient (Wildman–Crippen LogP) is 0.703. The molecule has 0 saturated carbocycles. The van der Waals surface area contributed by atoms with Crippen LogP contribution in [0.2, 0.25) is 5.02 Å². The maximum atomic E-state index is 11.7. The van der Waals surface area contributed by atoms with Crippen LogP contribution in [0.25, 0.3) is 0 Å². The topological polar surface area (TPSA) is 124 Å². The number of hydrogen-bond donors (Lipinski definition) is 4. The SMILES string of the molecule is O=C(O)C[C@@H](NC(=O)c1ccc(O)c(Cl)c1)C(=O)O. The molecule has 0 aliphatic heterocycles. The first-order chi connectivity index (χ1) is 8.81. The average molecular weight is 288 g/mol. The summed E-state index contributed by atoms with van der Waals surface area (Å²) in [7, 11) is 0. The minimum absolute atomic E-state index is 0.0134. The summed E-state index contributed by atoms with van der Waals surface area (Å²) in [6.45, 7) is 0. The number of benzene rings is 1. The second-order valence-corrected chi connectivity index (χ2v) is 4.04. The Labute approximate surface area is 112 Å². The summed E-state index contributed by atoms with van der Waals surface area (Å²) in [4.78, 5) is 32.9. The maximum Gasteiger partial charge on any atom is 0.326 e. The van der Waals surface area contributed by atoms with Crippen molar-refractivity contribution in [2.24, 2.45) is 0 Å². The van der Waals surface area contributed by atoms with Gasteiger partial charge in [0.2, 0.25) is 0 Å². The fourth-order valence-corrected chi connectivity index (χ4v) is 1.44. The summed E-state index contributed by atoms with van der Waals surface area (Å²) in [5.41, 5.74) is 0.0134. The second kappa shape index (κ2) is 6.05. The number of aliphatic carboxylic acids is 2. The maximum absolute atomic E-state index is 11.7. The standard InChI is InChI=1S/C11H10ClNO6/c12-6-3-5(1-2-8(6)14)10(17)13-7(11(18)19)4-9(15)16/h1-3,7,14H,4H2,(H,13,17)(H,15,16)(H,18,19)/t7-/m1/s1. The first-order valence-corrected chi connectivity index (χ1v) is 5.43. The molecule has 8 heteroatoms. The zero-order chi connectivity index (χ0) is 14.6. The van der Waals surface area contributed by atoms with E-state index >= 15 is 0 Å². The van der Waals surface area contributed by atoms with E-state index in [1.54, 1.807) is 0 Å². The minimum Gasteiger partial charge on any atom is -0.506 e. The summed E-state index contributed by atoms with van der Waals surface area (Å²) < 4.78 is 0. The second-order valence-electron chi connectivity index (χ2n) is 3.63. The zero-order valence-corrected chi connectivity index (χ0v) is 10.2. The number of amides is 1. The molecule has 1 amide bonds. The molecule has 0 radical (unpaired) electrons. The van der Waals surface area contributed by atoms with Crippen LogP contribution >= 0.6 is 11.6 Å². The summed E-state index contributed by atoms with van der Waals surface area (Å²) in [6, 6.07) is 2.00. The van der Waals surface area contributed by atoms with E-state index in [0.717, 1.165) is 6.07 Å². The lowest BCUT2D eigenvalue weighted by Crippen LogP contribution is -2.42. The fraction of sp³-hybridized carbons (Fsp3) is 0.182. The molecular formula is C11H10ClNO6. The van der Waals surface area contributed by atoms with Crippen molar-refractivity contribution in [3.05, 3.63) is 28.8 Å². The van der Waals surface area contributed by atoms with Crippen molar-refractivity contribution in [3.63, 3.8) is 0 Å². The molecule has 0 aromatic heterocycles. The summed E-state index contributed by atoms with van der Waals surface area (Å²) in [5.74, 6) is -3.83. The molecule has 0 spiro atoms. The van der Waals surface area contributed by atoms with Crippen LogP contribution in [0, 0.1) is 0 Å². The highest BCUT2D eigenvalue weighted by Gasteiger charge is 2.23. The van der Waals surface area contributed by atoms with Gasteiger partial charge in [0.1, 0.15) is 11.8 Å².